The Morgan fingerprint density at radius 1 is 1.22 bits per heavy atom. The highest BCUT2D eigenvalue weighted by Crippen LogP contribution is 2.40. The molecule has 1 aromatic rings. The first-order valence-electron chi connectivity index (χ1n) is 7.07. The molecule has 0 bridgehead atoms. The topological polar surface area (TPSA) is 27.0 Å². The van der Waals surface area contributed by atoms with Gasteiger partial charge in [0.1, 0.15) is 6.07 Å². The monoisotopic (exact) mass is 240 g/mol. The van der Waals surface area contributed by atoms with E-state index in [1.807, 2.05) is 12.1 Å². The number of nitriles is 1. The molecule has 2 nitrogen and oxygen atoms in total. The number of aryl methyl sites for hydroxylation is 1. The molecule has 1 heterocycles. The van der Waals surface area contributed by atoms with E-state index in [1.54, 1.807) is 0 Å². The van der Waals surface area contributed by atoms with Gasteiger partial charge in [-0.1, -0.05) is 18.6 Å². The van der Waals surface area contributed by atoms with Crippen LogP contribution >= 0.6 is 0 Å². The van der Waals surface area contributed by atoms with Crippen LogP contribution in [0.3, 0.4) is 0 Å². The van der Waals surface area contributed by atoms with Gasteiger partial charge in [0.25, 0.3) is 0 Å². The van der Waals surface area contributed by atoms with Crippen LogP contribution in [0.5, 0.6) is 0 Å². The largest absolute Gasteiger partial charge is 0.367 e. The van der Waals surface area contributed by atoms with Crippen molar-refractivity contribution in [1.82, 2.24) is 0 Å². The summed E-state index contributed by atoms with van der Waals surface area (Å²) in [5.41, 5.74) is 3.31. The predicted molar refractivity (Wildman–Crippen MR) is 73.6 cm³/mol. The molecule has 2 aliphatic rings. The molecule has 0 spiro atoms. The van der Waals surface area contributed by atoms with Gasteiger partial charge in [0.2, 0.25) is 0 Å². The molecule has 1 saturated carbocycles. The average molecular weight is 240 g/mol. The maximum Gasteiger partial charge on any atom is 0.101 e. The first-order chi connectivity index (χ1) is 8.81. The van der Waals surface area contributed by atoms with Crippen LogP contribution in [0.15, 0.2) is 18.2 Å². The number of hydrogen-bond acceptors (Lipinski definition) is 2. The Morgan fingerprint density at radius 2 is 2.06 bits per heavy atom. The van der Waals surface area contributed by atoms with E-state index in [-0.39, 0.29) is 0 Å². The van der Waals surface area contributed by atoms with Gasteiger partial charge in [-0.3, -0.25) is 0 Å². The molecule has 0 aromatic heterocycles. The van der Waals surface area contributed by atoms with Crippen LogP contribution in [0.25, 0.3) is 0 Å². The molecule has 0 radical (unpaired) electrons. The minimum Gasteiger partial charge on any atom is -0.367 e. The van der Waals surface area contributed by atoms with Gasteiger partial charge in [0.05, 0.1) is 11.3 Å². The molecule has 2 fully saturated rings. The van der Waals surface area contributed by atoms with E-state index in [9.17, 15) is 5.26 Å². The molecule has 2 atom stereocenters. The zero-order chi connectivity index (χ0) is 12.5. The van der Waals surface area contributed by atoms with Crippen LogP contribution in [0.1, 0.15) is 43.2 Å². The van der Waals surface area contributed by atoms with E-state index in [1.165, 1.54) is 43.4 Å². The van der Waals surface area contributed by atoms with Crippen LogP contribution in [0.4, 0.5) is 5.69 Å². The standard InChI is InChI=1S/C16H20N2/c1-12-5-2-7-14(11-17)16(12)18-10-4-8-13-6-3-9-15(13)18/h2,5,7,13,15H,3-4,6,8-10H2,1H3. The van der Waals surface area contributed by atoms with Gasteiger partial charge in [0, 0.05) is 12.6 Å². The highest BCUT2D eigenvalue weighted by Gasteiger charge is 2.36. The van der Waals surface area contributed by atoms with E-state index >= 15 is 0 Å². The Balaban J connectivity index is 2.01. The minimum atomic E-state index is 0.687. The number of nitrogens with zero attached hydrogens (tertiary/aromatic N) is 2. The Hall–Kier alpha value is -1.49. The number of fused-ring (bicyclic) bond motifs is 1. The first kappa shape index (κ1) is 11.6. The van der Waals surface area contributed by atoms with Crippen LogP contribution in [-0.4, -0.2) is 12.6 Å². The molecule has 94 valence electrons. The van der Waals surface area contributed by atoms with E-state index in [4.69, 9.17) is 0 Å². The SMILES string of the molecule is Cc1cccc(C#N)c1N1CCCC2CCCC21. The van der Waals surface area contributed by atoms with Crippen molar-refractivity contribution in [1.29, 1.82) is 5.26 Å². The summed E-state index contributed by atoms with van der Waals surface area (Å²) >= 11 is 0. The molecule has 1 aliphatic carbocycles. The van der Waals surface area contributed by atoms with Crippen molar-refractivity contribution in [2.75, 3.05) is 11.4 Å². The fourth-order valence-electron chi connectivity index (χ4n) is 3.86. The summed E-state index contributed by atoms with van der Waals surface area (Å²) in [7, 11) is 0. The molecule has 2 heteroatoms. The molecule has 0 amide bonds. The lowest BCUT2D eigenvalue weighted by molar-refractivity contribution is 0.362. The van der Waals surface area contributed by atoms with Crippen molar-refractivity contribution in [2.24, 2.45) is 5.92 Å². The van der Waals surface area contributed by atoms with Crippen molar-refractivity contribution in [3.05, 3.63) is 29.3 Å². The van der Waals surface area contributed by atoms with Gasteiger partial charge in [-0.25, -0.2) is 0 Å². The summed E-state index contributed by atoms with van der Waals surface area (Å²) in [6, 6.07) is 9.15. The van der Waals surface area contributed by atoms with Crippen LogP contribution in [-0.2, 0) is 0 Å². The summed E-state index contributed by atoms with van der Waals surface area (Å²) in [6.07, 6.45) is 6.72. The second-order valence-electron chi connectivity index (χ2n) is 5.68. The summed E-state index contributed by atoms with van der Waals surface area (Å²) in [5, 5.41) is 9.34. The fourth-order valence-corrected chi connectivity index (χ4v) is 3.86. The van der Waals surface area contributed by atoms with Crippen molar-refractivity contribution in [3.8, 4) is 6.07 Å². The fraction of sp³-hybridized carbons (Fsp3) is 0.562. The Labute approximate surface area is 109 Å². The number of hydrogen-bond donors (Lipinski definition) is 0. The summed E-state index contributed by atoms with van der Waals surface area (Å²) in [4.78, 5) is 2.54. The molecule has 2 unspecified atom stereocenters. The Bertz CT molecular complexity index is 486. The number of rotatable bonds is 1. The van der Waals surface area contributed by atoms with E-state index in [2.05, 4.69) is 24.0 Å². The smallest absolute Gasteiger partial charge is 0.101 e. The number of anilines is 1. The van der Waals surface area contributed by atoms with E-state index < -0.39 is 0 Å². The highest BCUT2D eigenvalue weighted by molar-refractivity contribution is 5.65. The van der Waals surface area contributed by atoms with Gasteiger partial charge in [-0.15, -0.1) is 0 Å². The lowest BCUT2D eigenvalue weighted by Crippen LogP contribution is -2.43. The highest BCUT2D eigenvalue weighted by atomic mass is 15.2. The lowest BCUT2D eigenvalue weighted by Gasteiger charge is -2.40. The second kappa shape index (κ2) is 4.65. The van der Waals surface area contributed by atoms with E-state index in [0.717, 1.165) is 18.0 Å². The molecule has 18 heavy (non-hydrogen) atoms. The predicted octanol–water partition coefficient (Wildman–Crippen LogP) is 3.64. The minimum absolute atomic E-state index is 0.687. The molecule has 1 saturated heterocycles. The second-order valence-corrected chi connectivity index (χ2v) is 5.68. The molecule has 1 aromatic carbocycles. The summed E-state index contributed by atoms with van der Waals surface area (Å²) in [5.74, 6) is 0.866. The van der Waals surface area contributed by atoms with Crippen molar-refractivity contribution < 1.29 is 0 Å². The maximum atomic E-state index is 9.34. The van der Waals surface area contributed by atoms with Crippen LogP contribution < -0.4 is 4.90 Å². The van der Waals surface area contributed by atoms with Crippen molar-refractivity contribution in [2.45, 2.75) is 45.1 Å². The van der Waals surface area contributed by atoms with Gasteiger partial charge in [-0.05, 0) is 50.2 Å². The zero-order valence-corrected chi connectivity index (χ0v) is 11.0. The van der Waals surface area contributed by atoms with Crippen LogP contribution in [0.2, 0.25) is 0 Å². The van der Waals surface area contributed by atoms with Crippen LogP contribution in [0, 0.1) is 24.2 Å². The Morgan fingerprint density at radius 3 is 2.89 bits per heavy atom. The van der Waals surface area contributed by atoms with Crippen molar-refractivity contribution in [3.63, 3.8) is 0 Å². The normalized spacial score (nSPS) is 26.8. The zero-order valence-electron chi connectivity index (χ0n) is 11.0. The molecule has 0 N–H and O–H groups in total. The molecular weight excluding hydrogens is 220 g/mol. The van der Waals surface area contributed by atoms with Gasteiger partial charge in [0.15, 0.2) is 0 Å². The third-order valence-corrected chi connectivity index (χ3v) is 4.64. The maximum absolute atomic E-state index is 9.34. The number of benzene rings is 1. The summed E-state index contributed by atoms with van der Waals surface area (Å²) < 4.78 is 0. The van der Waals surface area contributed by atoms with E-state index in [0.29, 0.717) is 6.04 Å². The molecule has 3 rings (SSSR count). The molecular formula is C16H20N2. The van der Waals surface area contributed by atoms with Gasteiger partial charge in [-0.2, -0.15) is 5.26 Å². The number of para-hydroxylation sites is 1. The first-order valence-corrected chi connectivity index (χ1v) is 7.07. The van der Waals surface area contributed by atoms with Gasteiger partial charge >= 0.3 is 0 Å². The van der Waals surface area contributed by atoms with Crippen molar-refractivity contribution >= 4 is 5.69 Å². The molecule has 1 aliphatic heterocycles. The quantitative estimate of drug-likeness (QED) is 0.749. The number of piperidine rings is 1. The summed E-state index contributed by atoms with van der Waals surface area (Å²) in [6.45, 7) is 3.26. The van der Waals surface area contributed by atoms with Gasteiger partial charge < -0.3 is 4.90 Å². The third kappa shape index (κ3) is 1.79. The average Bonchev–Trinajstić information content (AvgIpc) is 2.86. The Kier molecular flexibility index (Phi) is 2.99. The lowest BCUT2D eigenvalue weighted by atomic mass is 9.90. The third-order valence-electron chi connectivity index (χ3n) is 4.64.